The predicted molar refractivity (Wildman–Crippen MR) is 64.9 cm³/mol. The van der Waals surface area contributed by atoms with Crippen LogP contribution in [0.5, 0.6) is 0 Å². The van der Waals surface area contributed by atoms with Crippen LogP contribution in [0.3, 0.4) is 0 Å². The largest absolute Gasteiger partial charge is 0.243 e. The molecule has 0 rings (SSSR count). The van der Waals surface area contributed by atoms with E-state index in [9.17, 15) is 0 Å². The van der Waals surface area contributed by atoms with Gasteiger partial charge in [0.1, 0.15) is 0 Å². The Hall–Kier alpha value is -0.810. The van der Waals surface area contributed by atoms with Gasteiger partial charge in [0.2, 0.25) is 0 Å². The van der Waals surface area contributed by atoms with Crippen molar-refractivity contribution in [2.75, 3.05) is 6.54 Å². The zero-order valence-electron chi connectivity index (χ0n) is 10.2. The van der Waals surface area contributed by atoms with Crippen molar-refractivity contribution in [2.45, 2.75) is 41.0 Å². The van der Waals surface area contributed by atoms with Crippen LogP contribution in [0.15, 0.2) is 23.2 Å². The molecule has 0 aromatic heterocycles. The Labute approximate surface area is 88.6 Å². The molecule has 0 heterocycles. The van der Waals surface area contributed by atoms with Crippen molar-refractivity contribution in [1.29, 1.82) is 0 Å². The molecule has 0 bridgehead atoms. The summed E-state index contributed by atoms with van der Waals surface area (Å²) in [5, 5.41) is 0. The van der Waals surface area contributed by atoms with Gasteiger partial charge in [-0.3, -0.25) is 0 Å². The Morgan fingerprint density at radius 1 is 1.36 bits per heavy atom. The molecule has 0 aliphatic carbocycles. The molecule has 80 valence electrons. The minimum atomic E-state index is 0.0794. The van der Waals surface area contributed by atoms with Gasteiger partial charge in [-0.2, -0.15) is 0 Å². The second-order valence-electron chi connectivity index (χ2n) is 4.66. The van der Waals surface area contributed by atoms with E-state index in [4.69, 9.17) is 0 Å². The van der Waals surface area contributed by atoms with Crippen LogP contribution in [0.1, 0.15) is 41.0 Å². The van der Waals surface area contributed by atoms with Gasteiger partial charge >= 0.3 is 0 Å². The molecule has 0 radical (unpaired) electrons. The van der Waals surface area contributed by atoms with Crippen molar-refractivity contribution in [3.05, 3.63) is 18.2 Å². The average molecular weight is 193 g/mol. The van der Waals surface area contributed by atoms with E-state index in [1.807, 2.05) is 13.0 Å². The van der Waals surface area contributed by atoms with E-state index in [-0.39, 0.29) is 5.41 Å². The van der Waals surface area contributed by atoms with Gasteiger partial charge in [-0.25, -0.2) is 4.99 Å². The monoisotopic (exact) mass is 193 g/mol. The van der Waals surface area contributed by atoms with E-state index in [0.717, 1.165) is 18.9 Å². The minimum Gasteiger partial charge on any atom is -0.243 e. The molecule has 0 amide bonds. The highest BCUT2D eigenvalue weighted by molar-refractivity contribution is 5.53. The van der Waals surface area contributed by atoms with E-state index in [2.05, 4.69) is 50.7 Å². The molecule has 0 fully saturated rings. The van der Waals surface area contributed by atoms with Crippen LogP contribution in [0.2, 0.25) is 0 Å². The summed E-state index contributed by atoms with van der Waals surface area (Å²) >= 11 is 0. The first-order valence-corrected chi connectivity index (χ1v) is 5.38. The Morgan fingerprint density at radius 2 is 2.00 bits per heavy atom. The van der Waals surface area contributed by atoms with Gasteiger partial charge in [-0.15, -0.1) is 0 Å². The first-order valence-electron chi connectivity index (χ1n) is 5.38. The summed E-state index contributed by atoms with van der Waals surface area (Å²) in [4.78, 5) is 4.24. The summed E-state index contributed by atoms with van der Waals surface area (Å²) in [5.41, 5.74) is 0.0794. The summed E-state index contributed by atoms with van der Waals surface area (Å²) in [6, 6.07) is 0. The second kappa shape index (κ2) is 6.62. The lowest BCUT2D eigenvalue weighted by molar-refractivity contribution is 0.597. The first kappa shape index (κ1) is 13.2. The normalized spacial score (nSPS) is 11.9. The fourth-order valence-corrected chi connectivity index (χ4v) is 1.08. The molecule has 0 aromatic rings. The van der Waals surface area contributed by atoms with Crippen molar-refractivity contribution >= 4 is 5.87 Å². The molecule has 0 saturated carbocycles. The molecular formula is C13H23N. The first-order chi connectivity index (χ1) is 6.48. The molecule has 0 aliphatic rings. The maximum absolute atomic E-state index is 4.24. The Bertz CT molecular complexity index is 228. The van der Waals surface area contributed by atoms with E-state index < -0.39 is 0 Å². The number of rotatable bonds is 5. The zero-order valence-corrected chi connectivity index (χ0v) is 10.2. The predicted octanol–water partition coefficient (Wildman–Crippen LogP) is 3.86. The Morgan fingerprint density at radius 3 is 2.50 bits per heavy atom. The average Bonchev–Trinajstić information content (AvgIpc) is 2.02. The van der Waals surface area contributed by atoms with Crippen molar-refractivity contribution in [1.82, 2.24) is 0 Å². The van der Waals surface area contributed by atoms with Gasteiger partial charge < -0.3 is 0 Å². The van der Waals surface area contributed by atoms with E-state index in [1.165, 1.54) is 0 Å². The highest BCUT2D eigenvalue weighted by Crippen LogP contribution is 2.16. The van der Waals surface area contributed by atoms with Gasteiger partial charge in [0.05, 0.1) is 0 Å². The van der Waals surface area contributed by atoms with E-state index in [1.54, 1.807) is 0 Å². The molecule has 0 spiro atoms. The van der Waals surface area contributed by atoms with Gasteiger partial charge in [-0.05, 0) is 31.2 Å². The minimum absolute atomic E-state index is 0.0794. The van der Waals surface area contributed by atoms with Crippen molar-refractivity contribution < 1.29 is 0 Å². The molecule has 0 aromatic carbocycles. The number of allylic oxidation sites excluding steroid dienone is 3. The second-order valence-corrected chi connectivity index (χ2v) is 4.66. The molecule has 0 N–H and O–H groups in total. The summed E-state index contributed by atoms with van der Waals surface area (Å²) in [5.74, 6) is 3.74. The maximum atomic E-state index is 4.24. The molecule has 1 nitrogen and oxygen atoms in total. The number of nitrogens with zero attached hydrogens (tertiary/aromatic N) is 1. The molecular weight excluding hydrogens is 170 g/mol. The Kier molecular flexibility index (Phi) is 6.23. The molecule has 14 heavy (non-hydrogen) atoms. The fourth-order valence-electron chi connectivity index (χ4n) is 1.08. The van der Waals surface area contributed by atoms with Gasteiger partial charge in [-0.1, -0.05) is 39.8 Å². The molecule has 0 aliphatic heterocycles. The standard InChI is InChI=1S/C13H23N/c1-6-8-13(4,5)9-11-14-10-7-12(2)3/h6,8-9,12H,7,10H2,1-5H3/b8-6+. The van der Waals surface area contributed by atoms with Crippen molar-refractivity contribution in [2.24, 2.45) is 16.3 Å². The molecule has 0 unspecified atom stereocenters. The fraction of sp³-hybridized carbons (Fsp3) is 0.692. The molecule has 0 saturated heterocycles. The lowest BCUT2D eigenvalue weighted by atomic mass is 9.93. The van der Waals surface area contributed by atoms with Crippen molar-refractivity contribution in [3.63, 3.8) is 0 Å². The van der Waals surface area contributed by atoms with Gasteiger partial charge in [0.25, 0.3) is 0 Å². The van der Waals surface area contributed by atoms with Crippen LogP contribution in [-0.2, 0) is 0 Å². The molecule has 0 atom stereocenters. The highest BCUT2D eigenvalue weighted by Gasteiger charge is 2.06. The third kappa shape index (κ3) is 7.82. The lowest BCUT2D eigenvalue weighted by Gasteiger charge is -2.11. The number of hydrogen-bond acceptors (Lipinski definition) is 1. The third-order valence-corrected chi connectivity index (χ3v) is 1.94. The smallest absolute Gasteiger partial charge is 0.0486 e. The summed E-state index contributed by atoms with van der Waals surface area (Å²) in [6.07, 6.45) is 7.38. The Balaban J connectivity index is 4.02. The van der Waals surface area contributed by atoms with E-state index >= 15 is 0 Å². The summed E-state index contributed by atoms with van der Waals surface area (Å²) in [7, 11) is 0. The van der Waals surface area contributed by atoms with Gasteiger partial charge in [0, 0.05) is 12.0 Å². The van der Waals surface area contributed by atoms with E-state index in [0.29, 0.717) is 0 Å². The summed E-state index contributed by atoms with van der Waals surface area (Å²) < 4.78 is 0. The topological polar surface area (TPSA) is 12.4 Å². The lowest BCUT2D eigenvalue weighted by Crippen LogP contribution is -2.01. The number of aliphatic imine (C=N–C) groups is 1. The van der Waals surface area contributed by atoms with Crippen LogP contribution in [-0.4, -0.2) is 12.4 Å². The SMILES string of the molecule is C/C=C/C(C)(C)C=C=NCCC(C)C. The van der Waals surface area contributed by atoms with Crippen molar-refractivity contribution in [3.8, 4) is 0 Å². The number of hydrogen-bond donors (Lipinski definition) is 0. The quantitative estimate of drug-likeness (QED) is 0.464. The van der Waals surface area contributed by atoms with Crippen LogP contribution < -0.4 is 0 Å². The van der Waals surface area contributed by atoms with Crippen LogP contribution in [0.25, 0.3) is 0 Å². The van der Waals surface area contributed by atoms with Crippen LogP contribution in [0, 0.1) is 11.3 Å². The molecule has 1 heteroatoms. The van der Waals surface area contributed by atoms with Crippen LogP contribution >= 0.6 is 0 Å². The highest BCUT2D eigenvalue weighted by atomic mass is 14.7. The maximum Gasteiger partial charge on any atom is 0.0486 e. The van der Waals surface area contributed by atoms with Gasteiger partial charge in [0.15, 0.2) is 0 Å². The summed E-state index contributed by atoms with van der Waals surface area (Å²) in [6.45, 7) is 11.6. The van der Waals surface area contributed by atoms with Crippen LogP contribution in [0.4, 0.5) is 0 Å². The third-order valence-electron chi connectivity index (χ3n) is 1.94. The zero-order chi connectivity index (χ0) is 11.0.